The van der Waals surface area contributed by atoms with Gasteiger partial charge in [0.15, 0.2) is 0 Å². The van der Waals surface area contributed by atoms with Crippen LogP contribution in [-0.2, 0) is 10.2 Å². The van der Waals surface area contributed by atoms with Gasteiger partial charge in [-0.1, -0.05) is 0 Å². The molecule has 0 aliphatic carbocycles. The van der Waals surface area contributed by atoms with E-state index in [2.05, 4.69) is 5.32 Å². The maximum Gasteiger partial charge on any atom is 0.276 e. The molecule has 78 valence electrons. The van der Waals surface area contributed by atoms with Crippen molar-refractivity contribution >= 4 is 10.2 Å². The average molecular weight is 207 g/mol. The molecule has 0 radical (unpaired) electrons. The quantitative estimate of drug-likeness (QED) is 0.631. The van der Waals surface area contributed by atoms with Gasteiger partial charge in [0.05, 0.1) is 0 Å². The zero-order valence-corrected chi connectivity index (χ0v) is 8.68. The van der Waals surface area contributed by atoms with Crippen molar-refractivity contribution in [1.82, 2.24) is 9.62 Å². The number of piperidine rings is 1. The van der Waals surface area contributed by atoms with Gasteiger partial charge < -0.3 is 5.32 Å². The molecule has 13 heavy (non-hydrogen) atoms. The molecule has 1 rings (SSSR count). The molecule has 1 heterocycles. The highest BCUT2D eigenvalue weighted by Crippen LogP contribution is 2.13. The Morgan fingerprint density at radius 1 is 1.46 bits per heavy atom. The largest absolute Gasteiger partial charge is 0.317 e. The van der Waals surface area contributed by atoms with Gasteiger partial charge in [-0.3, -0.25) is 0 Å². The van der Waals surface area contributed by atoms with Gasteiger partial charge in [-0.05, 0) is 31.8 Å². The first kappa shape index (κ1) is 10.9. The fourth-order valence-corrected chi connectivity index (χ4v) is 1.95. The van der Waals surface area contributed by atoms with Crippen LogP contribution in [0.3, 0.4) is 0 Å². The van der Waals surface area contributed by atoms with Gasteiger partial charge in [0.25, 0.3) is 10.2 Å². The van der Waals surface area contributed by atoms with Crippen molar-refractivity contribution in [3.63, 3.8) is 0 Å². The highest BCUT2D eigenvalue weighted by atomic mass is 32.2. The summed E-state index contributed by atoms with van der Waals surface area (Å²) < 4.78 is 23.0. The molecule has 0 aromatic heterocycles. The van der Waals surface area contributed by atoms with Crippen molar-refractivity contribution in [2.75, 3.05) is 26.7 Å². The Labute approximate surface area is 79.5 Å². The minimum absolute atomic E-state index is 0.449. The average Bonchev–Trinajstić information content (AvgIpc) is 2.04. The van der Waals surface area contributed by atoms with Crippen LogP contribution in [0.2, 0.25) is 0 Å². The summed E-state index contributed by atoms with van der Waals surface area (Å²) in [5, 5.41) is 8.21. The minimum Gasteiger partial charge on any atom is -0.317 e. The first-order chi connectivity index (χ1) is 6.00. The predicted octanol–water partition coefficient (Wildman–Crippen LogP) is -0.879. The monoisotopic (exact) mass is 207 g/mol. The van der Waals surface area contributed by atoms with Crippen LogP contribution in [0.25, 0.3) is 0 Å². The van der Waals surface area contributed by atoms with Gasteiger partial charge in [0.2, 0.25) is 0 Å². The number of hydrogen-bond acceptors (Lipinski definition) is 3. The lowest BCUT2D eigenvalue weighted by Crippen LogP contribution is -2.40. The molecule has 0 spiro atoms. The standard InChI is InChI=1S/C7H17N3O2S/c1-10(13(8,11)12)6-7-2-4-9-5-3-7/h7,9H,2-6H2,1H3,(H2,8,11,12). The summed E-state index contributed by atoms with van der Waals surface area (Å²) >= 11 is 0. The number of nitrogens with zero attached hydrogens (tertiary/aromatic N) is 1. The van der Waals surface area contributed by atoms with Crippen LogP contribution in [0.4, 0.5) is 0 Å². The van der Waals surface area contributed by atoms with Crippen LogP contribution >= 0.6 is 0 Å². The Balaban J connectivity index is 2.39. The normalized spacial score (nSPS) is 20.8. The van der Waals surface area contributed by atoms with Gasteiger partial charge >= 0.3 is 0 Å². The maximum absolute atomic E-state index is 10.9. The first-order valence-electron chi connectivity index (χ1n) is 4.45. The lowest BCUT2D eigenvalue weighted by atomic mass is 9.98. The van der Waals surface area contributed by atoms with Crippen molar-refractivity contribution in [1.29, 1.82) is 0 Å². The third-order valence-electron chi connectivity index (χ3n) is 2.41. The second-order valence-electron chi connectivity index (χ2n) is 3.52. The van der Waals surface area contributed by atoms with Crippen LogP contribution in [0.5, 0.6) is 0 Å². The molecule has 6 heteroatoms. The van der Waals surface area contributed by atoms with Gasteiger partial charge in [-0.15, -0.1) is 0 Å². The topological polar surface area (TPSA) is 75.4 Å². The van der Waals surface area contributed by atoms with E-state index in [1.165, 1.54) is 11.4 Å². The molecular weight excluding hydrogens is 190 g/mol. The highest BCUT2D eigenvalue weighted by Gasteiger charge is 2.19. The van der Waals surface area contributed by atoms with E-state index in [4.69, 9.17) is 5.14 Å². The van der Waals surface area contributed by atoms with Crippen LogP contribution < -0.4 is 10.5 Å². The van der Waals surface area contributed by atoms with Gasteiger partial charge in [0, 0.05) is 13.6 Å². The Hall–Kier alpha value is -0.170. The van der Waals surface area contributed by atoms with Crippen LogP contribution in [0.15, 0.2) is 0 Å². The molecule has 0 unspecified atom stereocenters. The summed E-state index contributed by atoms with van der Waals surface area (Å²) in [7, 11) is -1.96. The first-order valence-corrected chi connectivity index (χ1v) is 5.95. The summed E-state index contributed by atoms with van der Waals surface area (Å²) in [5.41, 5.74) is 0. The van der Waals surface area contributed by atoms with E-state index >= 15 is 0 Å². The molecule has 0 aromatic rings. The summed E-state index contributed by atoms with van der Waals surface area (Å²) in [6.07, 6.45) is 2.06. The zero-order chi connectivity index (χ0) is 9.90. The predicted molar refractivity (Wildman–Crippen MR) is 51.3 cm³/mol. The molecule has 1 aliphatic rings. The minimum atomic E-state index is -3.49. The summed E-state index contributed by atoms with van der Waals surface area (Å²) in [6, 6.07) is 0. The van der Waals surface area contributed by atoms with E-state index in [1.54, 1.807) is 0 Å². The maximum atomic E-state index is 10.9. The van der Waals surface area contributed by atoms with E-state index in [1.807, 2.05) is 0 Å². The fraction of sp³-hybridized carbons (Fsp3) is 1.00. The van der Waals surface area contributed by atoms with Crippen molar-refractivity contribution < 1.29 is 8.42 Å². The second kappa shape index (κ2) is 4.36. The van der Waals surface area contributed by atoms with Crippen molar-refractivity contribution in [2.24, 2.45) is 11.1 Å². The molecule has 0 aromatic carbocycles. The van der Waals surface area contributed by atoms with Crippen molar-refractivity contribution in [2.45, 2.75) is 12.8 Å². The summed E-state index contributed by atoms with van der Waals surface area (Å²) in [6.45, 7) is 2.49. The van der Waals surface area contributed by atoms with Crippen molar-refractivity contribution in [3.8, 4) is 0 Å². The molecule has 0 amide bonds. The number of hydrogen-bond donors (Lipinski definition) is 2. The number of rotatable bonds is 3. The molecule has 0 saturated carbocycles. The van der Waals surface area contributed by atoms with Crippen LogP contribution in [-0.4, -0.2) is 39.4 Å². The van der Waals surface area contributed by atoms with Gasteiger partial charge in [-0.2, -0.15) is 12.7 Å². The van der Waals surface area contributed by atoms with Crippen molar-refractivity contribution in [3.05, 3.63) is 0 Å². The Morgan fingerprint density at radius 3 is 2.46 bits per heavy atom. The molecule has 1 aliphatic heterocycles. The van der Waals surface area contributed by atoms with Crippen LogP contribution in [0.1, 0.15) is 12.8 Å². The molecule has 5 nitrogen and oxygen atoms in total. The molecular formula is C7H17N3O2S. The van der Waals surface area contributed by atoms with E-state index in [0.29, 0.717) is 12.5 Å². The second-order valence-corrected chi connectivity index (χ2v) is 5.17. The van der Waals surface area contributed by atoms with E-state index in [-0.39, 0.29) is 0 Å². The third-order valence-corrected chi connectivity index (χ3v) is 3.43. The van der Waals surface area contributed by atoms with E-state index in [9.17, 15) is 8.42 Å². The third kappa shape index (κ3) is 3.60. The molecule has 0 bridgehead atoms. The summed E-state index contributed by atoms with van der Waals surface area (Å²) in [5.74, 6) is 0.449. The van der Waals surface area contributed by atoms with E-state index in [0.717, 1.165) is 25.9 Å². The molecule has 0 atom stereocenters. The van der Waals surface area contributed by atoms with Gasteiger partial charge in [0.1, 0.15) is 0 Å². The molecule has 1 fully saturated rings. The highest BCUT2D eigenvalue weighted by molar-refractivity contribution is 7.86. The zero-order valence-electron chi connectivity index (χ0n) is 7.86. The fourth-order valence-electron chi connectivity index (χ4n) is 1.53. The molecule has 1 saturated heterocycles. The Kier molecular flexibility index (Phi) is 3.66. The smallest absolute Gasteiger partial charge is 0.276 e. The lowest BCUT2D eigenvalue weighted by Gasteiger charge is -2.25. The SMILES string of the molecule is CN(CC1CCNCC1)S(N)(=O)=O. The Morgan fingerprint density at radius 2 is 2.00 bits per heavy atom. The Bertz CT molecular complexity index is 246. The van der Waals surface area contributed by atoms with Crippen LogP contribution in [0, 0.1) is 5.92 Å². The number of nitrogens with two attached hydrogens (primary N) is 1. The van der Waals surface area contributed by atoms with E-state index < -0.39 is 10.2 Å². The summed E-state index contributed by atoms with van der Waals surface area (Å²) in [4.78, 5) is 0. The molecule has 3 N–H and O–H groups in total. The van der Waals surface area contributed by atoms with Gasteiger partial charge in [-0.25, -0.2) is 5.14 Å². The lowest BCUT2D eigenvalue weighted by molar-refractivity contribution is 0.311. The number of nitrogens with one attached hydrogen (secondary N) is 1.